The lowest BCUT2D eigenvalue weighted by molar-refractivity contribution is 0.306. The summed E-state index contributed by atoms with van der Waals surface area (Å²) >= 11 is 0. The molecule has 4 heteroatoms. The highest BCUT2D eigenvalue weighted by molar-refractivity contribution is 6.08. The van der Waals surface area contributed by atoms with Crippen molar-refractivity contribution >= 4 is 27.6 Å². The van der Waals surface area contributed by atoms with Gasteiger partial charge in [0.1, 0.15) is 17.9 Å². The van der Waals surface area contributed by atoms with Crippen molar-refractivity contribution in [3.63, 3.8) is 0 Å². The maximum atomic E-state index is 6.20. The van der Waals surface area contributed by atoms with Crippen molar-refractivity contribution in [2.75, 3.05) is 5.73 Å². The molecule has 0 saturated heterocycles. The Kier molecular flexibility index (Phi) is 5.89. The lowest BCUT2D eigenvalue weighted by Crippen LogP contribution is -2.00. The zero-order valence-corrected chi connectivity index (χ0v) is 19.9. The molecule has 0 unspecified atom stereocenters. The number of hydrogen-bond acceptors (Lipinski definition) is 4. The second kappa shape index (κ2) is 9.14. The molecule has 0 fully saturated rings. The molecule has 0 atom stereocenters. The van der Waals surface area contributed by atoms with Crippen molar-refractivity contribution in [3.8, 4) is 5.75 Å². The molecule has 0 aliphatic rings. The van der Waals surface area contributed by atoms with Gasteiger partial charge in [-0.1, -0.05) is 48.0 Å². The van der Waals surface area contributed by atoms with Gasteiger partial charge in [-0.2, -0.15) is 0 Å². The highest BCUT2D eigenvalue weighted by Crippen LogP contribution is 2.28. The largest absolute Gasteiger partial charge is 0.489 e. The van der Waals surface area contributed by atoms with Gasteiger partial charge in [0, 0.05) is 17.0 Å². The number of nitrogen functional groups attached to an aromatic ring is 1. The van der Waals surface area contributed by atoms with E-state index in [0.717, 1.165) is 40.4 Å². The Bertz CT molecular complexity index is 1490. The van der Waals surface area contributed by atoms with Crippen molar-refractivity contribution in [1.29, 1.82) is 0 Å². The molecule has 34 heavy (non-hydrogen) atoms. The van der Waals surface area contributed by atoms with Gasteiger partial charge < -0.3 is 10.5 Å². The van der Waals surface area contributed by atoms with Crippen LogP contribution < -0.4 is 10.5 Å². The minimum atomic E-state index is 0.483. The summed E-state index contributed by atoms with van der Waals surface area (Å²) in [5, 5.41) is 2.16. The average Bonchev–Trinajstić information content (AvgIpc) is 2.83. The van der Waals surface area contributed by atoms with E-state index in [1.54, 1.807) is 0 Å². The van der Waals surface area contributed by atoms with E-state index in [1.807, 2.05) is 6.20 Å². The molecule has 0 aliphatic carbocycles. The molecule has 0 aliphatic heterocycles. The zero-order valence-electron chi connectivity index (χ0n) is 19.9. The molecule has 0 radical (unpaired) electrons. The first-order valence-electron chi connectivity index (χ1n) is 11.7. The Labute approximate surface area is 200 Å². The number of nitrogens with two attached hydrogens (primary N) is 1. The maximum absolute atomic E-state index is 6.20. The monoisotopic (exact) mass is 447 g/mol. The number of aromatic nitrogens is 2. The van der Waals surface area contributed by atoms with Gasteiger partial charge in [-0.3, -0.25) is 4.98 Å². The molecule has 2 heterocycles. The number of hydrogen-bond donors (Lipinski definition) is 1. The number of ether oxygens (including phenoxy) is 1. The van der Waals surface area contributed by atoms with Crippen LogP contribution in [0.1, 0.15) is 33.4 Å². The molecule has 3 aromatic carbocycles. The Morgan fingerprint density at radius 2 is 1.56 bits per heavy atom. The SMILES string of the molecule is Cc1ccc(COc2ccc(CCc3cnc4c(N)nc5cc(C)ccc5c4c3)c(C)c2)cc1. The fourth-order valence-electron chi connectivity index (χ4n) is 4.37. The lowest BCUT2D eigenvalue weighted by atomic mass is 9.99. The Morgan fingerprint density at radius 1 is 0.765 bits per heavy atom. The quantitative estimate of drug-likeness (QED) is 0.296. The van der Waals surface area contributed by atoms with Crippen molar-refractivity contribution in [3.05, 3.63) is 106 Å². The third kappa shape index (κ3) is 4.58. The first kappa shape index (κ1) is 21.9. The fourth-order valence-corrected chi connectivity index (χ4v) is 4.37. The van der Waals surface area contributed by atoms with E-state index in [-0.39, 0.29) is 0 Å². The topological polar surface area (TPSA) is 61.0 Å². The summed E-state index contributed by atoms with van der Waals surface area (Å²) < 4.78 is 6.01. The average molecular weight is 448 g/mol. The highest BCUT2D eigenvalue weighted by atomic mass is 16.5. The number of nitrogens with zero attached hydrogens (tertiary/aromatic N) is 2. The molecular formula is C30H29N3O. The van der Waals surface area contributed by atoms with Gasteiger partial charge >= 0.3 is 0 Å². The lowest BCUT2D eigenvalue weighted by Gasteiger charge is -2.12. The Balaban J connectivity index is 1.31. The summed E-state index contributed by atoms with van der Waals surface area (Å²) in [5.74, 6) is 1.38. The van der Waals surface area contributed by atoms with Gasteiger partial charge in [-0.15, -0.1) is 0 Å². The highest BCUT2D eigenvalue weighted by Gasteiger charge is 2.10. The predicted octanol–water partition coefficient (Wildman–Crippen LogP) is 6.65. The molecule has 5 rings (SSSR count). The number of anilines is 1. The van der Waals surface area contributed by atoms with Crippen LogP contribution in [0.25, 0.3) is 21.8 Å². The summed E-state index contributed by atoms with van der Waals surface area (Å²) in [4.78, 5) is 9.20. The molecule has 0 spiro atoms. The third-order valence-electron chi connectivity index (χ3n) is 6.39. The molecule has 5 aromatic rings. The molecule has 2 N–H and O–H groups in total. The van der Waals surface area contributed by atoms with Crippen LogP contribution in [0.2, 0.25) is 0 Å². The Morgan fingerprint density at radius 3 is 2.35 bits per heavy atom. The summed E-state index contributed by atoms with van der Waals surface area (Å²) in [6.07, 6.45) is 3.77. The van der Waals surface area contributed by atoms with Crippen LogP contribution in [0.15, 0.2) is 72.9 Å². The molecule has 0 amide bonds. The van der Waals surface area contributed by atoms with Gasteiger partial charge in [0.25, 0.3) is 0 Å². The van der Waals surface area contributed by atoms with E-state index in [1.165, 1.54) is 33.4 Å². The van der Waals surface area contributed by atoms with E-state index in [2.05, 4.69) is 97.5 Å². The van der Waals surface area contributed by atoms with Crippen LogP contribution >= 0.6 is 0 Å². The fraction of sp³-hybridized carbons (Fsp3) is 0.200. The summed E-state index contributed by atoms with van der Waals surface area (Å²) in [7, 11) is 0. The van der Waals surface area contributed by atoms with E-state index in [9.17, 15) is 0 Å². The van der Waals surface area contributed by atoms with Crippen molar-refractivity contribution in [2.24, 2.45) is 0 Å². The van der Waals surface area contributed by atoms with E-state index >= 15 is 0 Å². The van der Waals surface area contributed by atoms with E-state index in [4.69, 9.17) is 10.5 Å². The minimum absolute atomic E-state index is 0.483. The minimum Gasteiger partial charge on any atom is -0.489 e. The molecule has 2 aromatic heterocycles. The van der Waals surface area contributed by atoms with Crippen LogP contribution in [0.5, 0.6) is 5.75 Å². The van der Waals surface area contributed by atoms with Gasteiger partial charge in [0.15, 0.2) is 5.82 Å². The van der Waals surface area contributed by atoms with Crippen molar-refractivity contribution in [2.45, 2.75) is 40.2 Å². The van der Waals surface area contributed by atoms with Crippen LogP contribution in [0, 0.1) is 20.8 Å². The maximum Gasteiger partial charge on any atom is 0.150 e. The van der Waals surface area contributed by atoms with Crippen LogP contribution in [0.3, 0.4) is 0 Å². The first-order valence-corrected chi connectivity index (χ1v) is 11.7. The first-order chi connectivity index (χ1) is 16.5. The van der Waals surface area contributed by atoms with Gasteiger partial charge in [0.05, 0.1) is 5.52 Å². The molecule has 170 valence electrons. The van der Waals surface area contributed by atoms with Crippen LogP contribution in [-0.2, 0) is 19.4 Å². The third-order valence-corrected chi connectivity index (χ3v) is 6.39. The standard InChI is InChI=1S/C30H29N3O/c1-19-4-7-22(8-5-19)18-34-25-12-11-24(21(3)15-25)10-9-23-16-27-26-13-6-20(2)14-28(26)33-30(31)29(27)32-17-23/h4-8,11-17H,9-10,18H2,1-3H3,(H2,31,33). The van der Waals surface area contributed by atoms with Gasteiger partial charge in [0.2, 0.25) is 0 Å². The number of rotatable bonds is 6. The summed E-state index contributed by atoms with van der Waals surface area (Å²) in [6, 6.07) is 23.3. The van der Waals surface area contributed by atoms with E-state index < -0.39 is 0 Å². The van der Waals surface area contributed by atoms with Gasteiger partial charge in [-0.25, -0.2) is 4.98 Å². The van der Waals surface area contributed by atoms with Crippen LogP contribution in [0.4, 0.5) is 5.82 Å². The van der Waals surface area contributed by atoms with Gasteiger partial charge in [-0.05, 0) is 85.7 Å². The second-order valence-electron chi connectivity index (χ2n) is 9.12. The van der Waals surface area contributed by atoms with Crippen LogP contribution in [-0.4, -0.2) is 9.97 Å². The second-order valence-corrected chi connectivity index (χ2v) is 9.12. The Hall–Kier alpha value is -3.92. The van der Waals surface area contributed by atoms with Crippen molar-refractivity contribution < 1.29 is 4.74 Å². The zero-order chi connectivity index (χ0) is 23.7. The molecular weight excluding hydrogens is 418 g/mol. The molecule has 0 saturated carbocycles. The number of benzene rings is 3. The predicted molar refractivity (Wildman–Crippen MR) is 140 cm³/mol. The van der Waals surface area contributed by atoms with E-state index in [0.29, 0.717) is 12.4 Å². The number of aryl methyl sites for hydroxylation is 5. The summed E-state index contributed by atoms with van der Waals surface area (Å²) in [5.41, 5.74) is 15.2. The van der Waals surface area contributed by atoms with Crippen molar-refractivity contribution in [1.82, 2.24) is 9.97 Å². The molecule has 0 bridgehead atoms. The normalized spacial score (nSPS) is 11.3. The summed E-state index contributed by atoms with van der Waals surface area (Å²) in [6.45, 7) is 6.88. The number of fused-ring (bicyclic) bond motifs is 3. The smallest absolute Gasteiger partial charge is 0.150 e. The molecule has 4 nitrogen and oxygen atoms in total. The number of pyridine rings is 2.